The minimum Gasteiger partial charge on any atom is -0.480 e. The maximum absolute atomic E-state index is 11.9. The summed E-state index contributed by atoms with van der Waals surface area (Å²) in [6, 6.07) is 3.08. The standard InChI is InChI=1S/C14H18Br2N2O3/c1-3-4-11(14(20)21)17-7-12(19)18-13-9(15)5-8(2)6-10(13)16/h5-6,11,17H,3-4,7H2,1-2H3,(H,18,19)(H,20,21). The Morgan fingerprint density at radius 2 is 1.86 bits per heavy atom. The lowest BCUT2D eigenvalue weighted by Gasteiger charge is -2.14. The molecule has 3 N–H and O–H groups in total. The molecular weight excluding hydrogens is 404 g/mol. The zero-order valence-electron chi connectivity index (χ0n) is 11.9. The molecular formula is C14H18Br2N2O3. The lowest BCUT2D eigenvalue weighted by Crippen LogP contribution is -2.41. The first-order valence-corrected chi connectivity index (χ1v) is 8.15. The van der Waals surface area contributed by atoms with E-state index in [0.717, 1.165) is 20.9 Å². The van der Waals surface area contributed by atoms with Crippen LogP contribution in [0, 0.1) is 6.92 Å². The van der Waals surface area contributed by atoms with Crippen LogP contribution >= 0.6 is 31.9 Å². The van der Waals surface area contributed by atoms with Gasteiger partial charge in [0.1, 0.15) is 6.04 Å². The van der Waals surface area contributed by atoms with Crippen LogP contribution in [0.1, 0.15) is 25.3 Å². The van der Waals surface area contributed by atoms with Gasteiger partial charge < -0.3 is 10.4 Å². The van der Waals surface area contributed by atoms with Crippen LogP contribution in [0.25, 0.3) is 0 Å². The lowest BCUT2D eigenvalue weighted by atomic mass is 10.1. The van der Waals surface area contributed by atoms with E-state index in [9.17, 15) is 9.59 Å². The Morgan fingerprint density at radius 1 is 1.29 bits per heavy atom. The van der Waals surface area contributed by atoms with Crippen LogP contribution in [0.3, 0.4) is 0 Å². The van der Waals surface area contributed by atoms with Crippen LogP contribution in [-0.4, -0.2) is 29.6 Å². The molecule has 0 bridgehead atoms. The summed E-state index contributed by atoms with van der Waals surface area (Å²) in [5, 5.41) is 14.5. The van der Waals surface area contributed by atoms with E-state index in [4.69, 9.17) is 5.11 Å². The second kappa shape index (κ2) is 8.51. The summed E-state index contributed by atoms with van der Waals surface area (Å²) >= 11 is 6.79. The van der Waals surface area contributed by atoms with Gasteiger partial charge in [-0.3, -0.25) is 14.9 Å². The molecule has 0 saturated carbocycles. The van der Waals surface area contributed by atoms with Crippen molar-refractivity contribution in [3.05, 3.63) is 26.6 Å². The zero-order valence-corrected chi connectivity index (χ0v) is 15.0. The van der Waals surface area contributed by atoms with E-state index in [1.54, 1.807) is 0 Å². The van der Waals surface area contributed by atoms with E-state index >= 15 is 0 Å². The number of anilines is 1. The van der Waals surface area contributed by atoms with Crippen molar-refractivity contribution in [2.75, 3.05) is 11.9 Å². The van der Waals surface area contributed by atoms with Crippen molar-refractivity contribution in [2.45, 2.75) is 32.7 Å². The number of amides is 1. The highest BCUT2D eigenvalue weighted by atomic mass is 79.9. The minimum atomic E-state index is -0.942. The van der Waals surface area contributed by atoms with E-state index in [2.05, 4.69) is 42.5 Å². The number of benzene rings is 1. The first-order chi connectivity index (χ1) is 9.85. The van der Waals surface area contributed by atoms with Gasteiger partial charge in [0, 0.05) is 8.95 Å². The topological polar surface area (TPSA) is 78.4 Å². The van der Waals surface area contributed by atoms with Crippen LogP contribution < -0.4 is 10.6 Å². The Labute approximate surface area is 140 Å². The fourth-order valence-corrected chi connectivity index (χ4v) is 3.43. The van der Waals surface area contributed by atoms with Crippen molar-refractivity contribution >= 4 is 49.4 Å². The van der Waals surface area contributed by atoms with Crippen molar-refractivity contribution in [3.8, 4) is 0 Å². The Hall–Kier alpha value is -0.920. The summed E-state index contributed by atoms with van der Waals surface area (Å²) in [4.78, 5) is 22.9. The molecule has 0 aliphatic heterocycles. The molecule has 0 radical (unpaired) electrons. The van der Waals surface area contributed by atoms with Crippen molar-refractivity contribution < 1.29 is 14.7 Å². The third-order valence-electron chi connectivity index (χ3n) is 2.84. The molecule has 1 unspecified atom stereocenters. The molecule has 1 aromatic rings. The van der Waals surface area contributed by atoms with E-state index in [1.807, 2.05) is 26.0 Å². The molecule has 1 amide bonds. The molecule has 1 atom stereocenters. The Kier molecular flexibility index (Phi) is 7.34. The Morgan fingerprint density at radius 3 is 2.33 bits per heavy atom. The molecule has 0 aliphatic carbocycles. The smallest absolute Gasteiger partial charge is 0.320 e. The number of carboxylic acid groups (broad SMARTS) is 1. The van der Waals surface area contributed by atoms with Gasteiger partial charge in [0.15, 0.2) is 0 Å². The minimum absolute atomic E-state index is 0.0519. The quantitative estimate of drug-likeness (QED) is 0.631. The summed E-state index contributed by atoms with van der Waals surface area (Å²) in [5.41, 5.74) is 1.69. The highest BCUT2D eigenvalue weighted by molar-refractivity contribution is 9.11. The third kappa shape index (κ3) is 5.76. The van der Waals surface area contributed by atoms with Gasteiger partial charge in [0.2, 0.25) is 5.91 Å². The van der Waals surface area contributed by atoms with Crippen LogP contribution in [0.15, 0.2) is 21.1 Å². The first kappa shape index (κ1) is 18.1. The molecule has 5 nitrogen and oxygen atoms in total. The molecule has 0 aromatic heterocycles. The first-order valence-electron chi connectivity index (χ1n) is 6.56. The van der Waals surface area contributed by atoms with E-state index < -0.39 is 12.0 Å². The fourth-order valence-electron chi connectivity index (χ4n) is 1.82. The summed E-state index contributed by atoms with van der Waals surface area (Å²) in [5.74, 6) is -1.23. The molecule has 0 aliphatic rings. The predicted molar refractivity (Wildman–Crippen MR) is 89.5 cm³/mol. The molecule has 7 heteroatoms. The van der Waals surface area contributed by atoms with Crippen LogP contribution in [-0.2, 0) is 9.59 Å². The second-order valence-electron chi connectivity index (χ2n) is 4.71. The molecule has 21 heavy (non-hydrogen) atoms. The third-order valence-corrected chi connectivity index (χ3v) is 4.09. The monoisotopic (exact) mass is 420 g/mol. The van der Waals surface area contributed by atoms with E-state index in [1.165, 1.54) is 0 Å². The van der Waals surface area contributed by atoms with Crippen LogP contribution in [0.5, 0.6) is 0 Å². The SMILES string of the molecule is CCCC(NCC(=O)Nc1c(Br)cc(C)cc1Br)C(=O)O. The van der Waals surface area contributed by atoms with Gasteiger partial charge in [0.25, 0.3) is 0 Å². The Balaban J connectivity index is 2.64. The highest BCUT2D eigenvalue weighted by Crippen LogP contribution is 2.32. The maximum atomic E-state index is 11.9. The summed E-state index contributed by atoms with van der Waals surface area (Å²) in [6.07, 6.45) is 1.22. The number of hydrogen-bond acceptors (Lipinski definition) is 3. The Bertz CT molecular complexity index is 512. The molecule has 0 heterocycles. The molecule has 1 aromatic carbocycles. The average Bonchev–Trinajstić information content (AvgIpc) is 2.38. The highest BCUT2D eigenvalue weighted by Gasteiger charge is 2.17. The van der Waals surface area contributed by atoms with Crippen molar-refractivity contribution in [2.24, 2.45) is 0 Å². The normalized spacial score (nSPS) is 12.0. The van der Waals surface area contributed by atoms with E-state index in [-0.39, 0.29) is 12.5 Å². The molecule has 0 fully saturated rings. The number of aryl methyl sites for hydroxylation is 1. The average molecular weight is 422 g/mol. The number of rotatable bonds is 7. The van der Waals surface area contributed by atoms with Gasteiger partial charge in [-0.05, 0) is 62.9 Å². The van der Waals surface area contributed by atoms with E-state index in [0.29, 0.717) is 12.1 Å². The van der Waals surface area contributed by atoms with Crippen LogP contribution in [0.4, 0.5) is 5.69 Å². The predicted octanol–water partition coefficient (Wildman–Crippen LogP) is 3.30. The maximum Gasteiger partial charge on any atom is 0.320 e. The number of carbonyl (C=O) groups excluding carboxylic acids is 1. The van der Waals surface area contributed by atoms with Crippen LogP contribution in [0.2, 0.25) is 0 Å². The number of halogens is 2. The zero-order chi connectivity index (χ0) is 16.0. The number of carbonyl (C=O) groups is 2. The van der Waals surface area contributed by atoms with Gasteiger partial charge in [-0.1, -0.05) is 13.3 Å². The fraction of sp³-hybridized carbons (Fsp3) is 0.429. The molecule has 0 saturated heterocycles. The number of hydrogen-bond donors (Lipinski definition) is 3. The summed E-state index contributed by atoms with van der Waals surface area (Å²) < 4.78 is 1.54. The summed E-state index contributed by atoms with van der Waals surface area (Å²) in [7, 11) is 0. The molecule has 0 spiro atoms. The molecule has 116 valence electrons. The van der Waals surface area contributed by atoms with Gasteiger partial charge in [0.05, 0.1) is 12.2 Å². The number of nitrogens with one attached hydrogen (secondary N) is 2. The van der Waals surface area contributed by atoms with Gasteiger partial charge in [-0.25, -0.2) is 0 Å². The summed E-state index contributed by atoms with van der Waals surface area (Å²) in [6.45, 7) is 3.80. The van der Waals surface area contributed by atoms with Crippen molar-refractivity contribution in [1.82, 2.24) is 5.32 Å². The lowest BCUT2D eigenvalue weighted by molar-refractivity contribution is -0.139. The van der Waals surface area contributed by atoms with Gasteiger partial charge >= 0.3 is 5.97 Å². The number of carboxylic acids is 1. The van der Waals surface area contributed by atoms with Gasteiger partial charge in [-0.15, -0.1) is 0 Å². The largest absolute Gasteiger partial charge is 0.480 e. The van der Waals surface area contributed by atoms with Crippen molar-refractivity contribution in [1.29, 1.82) is 0 Å². The second-order valence-corrected chi connectivity index (χ2v) is 6.42. The van der Waals surface area contributed by atoms with Crippen molar-refractivity contribution in [3.63, 3.8) is 0 Å². The van der Waals surface area contributed by atoms with Gasteiger partial charge in [-0.2, -0.15) is 0 Å². The molecule has 1 rings (SSSR count). The number of aliphatic carboxylic acids is 1.